The lowest BCUT2D eigenvalue weighted by Crippen LogP contribution is -2.45. The molecule has 1 heterocycles. The molecular weight excluding hydrogens is 274 g/mol. The topological polar surface area (TPSA) is 93.1 Å². The summed E-state index contributed by atoms with van der Waals surface area (Å²) in [5, 5.41) is 9.78. The molecule has 0 saturated carbocycles. The van der Waals surface area contributed by atoms with E-state index in [9.17, 15) is 18.3 Å². The maximum Gasteiger partial charge on any atom is 0.410 e. The first-order valence-corrected chi connectivity index (χ1v) is 7.83. The molecule has 1 aliphatic rings. The first-order chi connectivity index (χ1) is 8.49. The Bertz CT molecular complexity index is 427. The summed E-state index contributed by atoms with van der Waals surface area (Å²) in [5.74, 6) is 0. The monoisotopic (exact) mass is 295 g/mol. The molecule has 1 rings (SSSR count). The van der Waals surface area contributed by atoms with Gasteiger partial charge in [-0.2, -0.15) is 8.42 Å². The minimum absolute atomic E-state index is 0.265. The second kappa shape index (κ2) is 5.64. The van der Waals surface area contributed by atoms with Crippen LogP contribution in [0, 0.1) is 0 Å². The van der Waals surface area contributed by atoms with E-state index in [4.69, 9.17) is 4.74 Å². The van der Waals surface area contributed by atoms with Crippen molar-refractivity contribution < 1.29 is 27.2 Å². The number of aliphatic hydroxyl groups excluding tert-OH is 1. The van der Waals surface area contributed by atoms with Crippen molar-refractivity contribution in [2.24, 2.45) is 0 Å². The summed E-state index contributed by atoms with van der Waals surface area (Å²) in [6.07, 6.45) is -0.0937. The molecule has 1 fully saturated rings. The second-order valence-corrected chi connectivity index (χ2v) is 7.23. The lowest BCUT2D eigenvalue weighted by Gasteiger charge is -2.29. The van der Waals surface area contributed by atoms with E-state index in [1.165, 1.54) is 4.90 Å². The third-order valence-electron chi connectivity index (χ3n) is 2.59. The number of rotatable bonds is 3. The van der Waals surface area contributed by atoms with E-state index in [0.717, 1.165) is 6.26 Å². The zero-order chi connectivity index (χ0) is 14.8. The van der Waals surface area contributed by atoms with Gasteiger partial charge in [0.05, 0.1) is 25.0 Å². The van der Waals surface area contributed by atoms with Crippen LogP contribution in [0.25, 0.3) is 0 Å². The van der Waals surface area contributed by atoms with Crippen LogP contribution in [0.1, 0.15) is 27.2 Å². The van der Waals surface area contributed by atoms with E-state index in [1.54, 1.807) is 20.8 Å². The predicted molar refractivity (Wildman–Crippen MR) is 68.1 cm³/mol. The van der Waals surface area contributed by atoms with Crippen LogP contribution in [-0.2, 0) is 19.0 Å². The number of likely N-dealkylation sites (tertiary alicyclic amines) is 1. The van der Waals surface area contributed by atoms with Crippen molar-refractivity contribution in [2.45, 2.75) is 44.9 Å². The maximum absolute atomic E-state index is 11.9. The number of amides is 1. The van der Waals surface area contributed by atoms with Gasteiger partial charge in [0.25, 0.3) is 10.1 Å². The Balaban J connectivity index is 2.69. The average molecular weight is 295 g/mol. The molecule has 7 nitrogen and oxygen atoms in total. The van der Waals surface area contributed by atoms with Crippen molar-refractivity contribution in [3.63, 3.8) is 0 Å². The van der Waals surface area contributed by atoms with E-state index in [0.29, 0.717) is 13.0 Å². The highest BCUT2D eigenvalue weighted by Gasteiger charge is 2.38. The van der Waals surface area contributed by atoms with Gasteiger partial charge in [-0.1, -0.05) is 0 Å². The van der Waals surface area contributed by atoms with Crippen LogP contribution in [0.2, 0.25) is 0 Å². The smallest absolute Gasteiger partial charge is 0.410 e. The van der Waals surface area contributed by atoms with Crippen LogP contribution < -0.4 is 0 Å². The quantitative estimate of drug-likeness (QED) is 0.754. The van der Waals surface area contributed by atoms with Gasteiger partial charge in [-0.05, 0) is 27.2 Å². The van der Waals surface area contributed by atoms with Gasteiger partial charge in [0, 0.05) is 6.54 Å². The van der Waals surface area contributed by atoms with E-state index in [2.05, 4.69) is 4.18 Å². The fraction of sp³-hybridized carbons (Fsp3) is 0.909. The molecule has 0 aliphatic carbocycles. The zero-order valence-electron chi connectivity index (χ0n) is 11.6. The normalized spacial score (nSPS) is 24.6. The second-order valence-electron chi connectivity index (χ2n) is 5.59. The molecular formula is C11H21NO6S. The van der Waals surface area contributed by atoms with Crippen molar-refractivity contribution in [3.8, 4) is 0 Å². The minimum atomic E-state index is -3.61. The van der Waals surface area contributed by atoms with Crippen molar-refractivity contribution in [1.29, 1.82) is 0 Å². The van der Waals surface area contributed by atoms with Crippen LogP contribution in [0.5, 0.6) is 0 Å². The van der Waals surface area contributed by atoms with E-state index < -0.39 is 34.0 Å². The van der Waals surface area contributed by atoms with Gasteiger partial charge in [0.15, 0.2) is 0 Å². The summed E-state index contributed by atoms with van der Waals surface area (Å²) in [5.41, 5.74) is -0.646. The van der Waals surface area contributed by atoms with E-state index >= 15 is 0 Å². The third-order valence-corrected chi connectivity index (χ3v) is 3.16. The van der Waals surface area contributed by atoms with E-state index in [1.807, 2.05) is 0 Å². The number of nitrogens with zero attached hydrogens (tertiary/aromatic N) is 1. The fourth-order valence-corrected chi connectivity index (χ4v) is 2.17. The van der Waals surface area contributed by atoms with Gasteiger partial charge in [-0.3, -0.25) is 4.18 Å². The average Bonchev–Trinajstić information content (AvgIpc) is 2.53. The van der Waals surface area contributed by atoms with Gasteiger partial charge in [0.2, 0.25) is 0 Å². The zero-order valence-corrected chi connectivity index (χ0v) is 12.4. The molecule has 0 aromatic carbocycles. The van der Waals surface area contributed by atoms with Crippen molar-refractivity contribution in [1.82, 2.24) is 4.90 Å². The first-order valence-electron chi connectivity index (χ1n) is 6.02. The molecule has 19 heavy (non-hydrogen) atoms. The maximum atomic E-state index is 11.9. The Kier molecular flexibility index (Phi) is 4.81. The number of hydrogen-bond donors (Lipinski definition) is 1. The van der Waals surface area contributed by atoms with Gasteiger partial charge < -0.3 is 14.7 Å². The molecule has 0 bridgehead atoms. The number of hydrogen-bond acceptors (Lipinski definition) is 6. The van der Waals surface area contributed by atoms with Gasteiger partial charge in [-0.15, -0.1) is 0 Å². The summed E-state index contributed by atoms with van der Waals surface area (Å²) in [6, 6.07) is -0.704. The summed E-state index contributed by atoms with van der Waals surface area (Å²) in [7, 11) is -3.61. The summed E-state index contributed by atoms with van der Waals surface area (Å²) < 4.78 is 31.8. The molecule has 1 aliphatic heterocycles. The minimum Gasteiger partial charge on any atom is -0.444 e. The number of carbonyl (C=O) groups excluding carboxylic acids is 1. The van der Waals surface area contributed by atoms with Crippen molar-refractivity contribution in [2.75, 3.05) is 19.4 Å². The standard InChI is InChI=1S/C11H21NO6S/c1-11(2,3)18-10(14)12-6-5-9(13)8(12)7-17-19(4,15)16/h8-9,13H,5-7H2,1-4H3. The molecule has 1 N–H and O–H groups in total. The van der Waals surface area contributed by atoms with Crippen LogP contribution in [-0.4, -0.2) is 61.7 Å². The number of ether oxygens (including phenoxy) is 1. The largest absolute Gasteiger partial charge is 0.444 e. The molecule has 112 valence electrons. The highest BCUT2D eigenvalue weighted by atomic mass is 32.2. The summed E-state index contributed by atoms with van der Waals surface area (Å²) >= 11 is 0. The molecule has 0 radical (unpaired) electrons. The first kappa shape index (κ1) is 16.2. The summed E-state index contributed by atoms with van der Waals surface area (Å²) in [6.45, 7) is 5.26. The summed E-state index contributed by atoms with van der Waals surface area (Å²) in [4.78, 5) is 13.2. The Morgan fingerprint density at radius 3 is 2.47 bits per heavy atom. The Hall–Kier alpha value is -0.860. The molecule has 0 aromatic heterocycles. The van der Waals surface area contributed by atoms with Crippen LogP contribution in [0.4, 0.5) is 4.79 Å². The van der Waals surface area contributed by atoms with Crippen LogP contribution in [0.3, 0.4) is 0 Å². The SMILES string of the molecule is CC(C)(C)OC(=O)N1CCC(O)C1COS(C)(=O)=O. The number of carbonyl (C=O) groups is 1. The molecule has 1 amide bonds. The van der Waals surface area contributed by atoms with Gasteiger partial charge >= 0.3 is 6.09 Å². The highest BCUT2D eigenvalue weighted by Crippen LogP contribution is 2.22. The molecule has 2 atom stereocenters. The van der Waals surface area contributed by atoms with Crippen molar-refractivity contribution >= 4 is 16.2 Å². The highest BCUT2D eigenvalue weighted by molar-refractivity contribution is 7.85. The molecule has 8 heteroatoms. The fourth-order valence-electron chi connectivity index (χ4n) is 1.78. The van der Waals surface area contributed by atoms with Gasteiger partial charge in [-0.25, -0.2) is 4.79 Å². The third kappa shape index (κ3) is 5.33. The Morgan fingerprint density at radius 2 is 2.00 bits per heavy atom. The molecule has 1 saturated heterocycles. The number of aliphatic hydroxyl groups is 1. The van der Waals surface area contributed by atoms with E-state index in [-0.39, 0.29) is 6.61 Å². The molecule has 2 unspecified atom stereocenters. The van der Waals surface area contributed by atoms with Gasteiger partial charge in [0.1, 0.15) is 5.60 Å². The van der Waals surface area contributed by atoms with Crippen LogP contribution in [0.15, 0.2) is 0 Å². The Labute approximate surface area is 113 Å². The van der Waals surface area contributed by atoms with Crippen LogP contribution >= 0.6 is 0 Å². The lowest BCUT2D eigenvalue weighted by atomic mass is 10.2. The predicted octanol–water partition coefficient (Wildman–Crippen LogP) is 0.333. The van der Waals surface area contributed by atoms with Crippen molar-refractivity contribution in [3.05, 3.63) is 0 Å². The molecule has 0 aromatic rings. The Morgan fingerprint density at radius 1 is 1.42 bits per heavy atom. The lowest BCUT2D eigenvalue weighted by molar-refractivity contribution is 0.00902. The molecule has 0 spiro atoms.